The molecule has 0 aliphatic carbocycles. The molecule has 1 N–H and O–H groups in total. The Morgan fingerprint density at radius 2 is 1.42 bits per heavy atom. The lowest BCUT2D eigenvalue weighted by atomic mass is 9.99. The summed E-state index contributed by atoms with van der Waals surface area (Å²) < 4.78 is 0. The van der Waals surface area contributed by atoms with E-state index >= 15 is 0 Å². The van der Waals surface area contributed by atoms with E-state index in [1.165, 1.54) is 22.3 Å². The second kappa shape index (κ2) is 10.0. The maximum atomic E-state index is 3.73. The highest BCUT2D eigenvalue weighted by Gasteiger charge is 2.01. The Labute approximate surface area is 157 Å². The van der Waals surface area contributed by atoms with Gasteiger partial charge in [-0.15, -0.1) is 0 Å². The Bertz CT molecular complexity index is 829. The Hall–Kier alpha value is -3.06. The Morgan fingerprint density at radius 1 is 0.808 bits per heavy atom. The van der Waals surface area contributed by atoms with Crippen LogP contribution in [0.15, 0.2) is 103 Å². The first-order chi connectivity index (χ1) is 12.7. The quantitative estimate of drug-likeness (QED) is 0.518. The highest BCUT2D eigenvalue weighted by Crippen LogP contribution is 2.25. The molecule has 0 heterocycles. The number of benzene rings is 2. The predicted molar refractivity (Wildman–Crippen MR) is 117 cm³/mol. The average molecular weight is 341 g/mol. The molecule has 0 unspecified atom stereocenters. The number of rotatable bonds is 7. The van der Waals surface area contributed by atoms with Gasteiger partial charge in [0, 0.05) is 11.4 Å². The standard InChI is InChI=1S/C25H27N/c1-5-9-11-20(7-3)21-12-14-22(15-13-21)23-16-18-25(19-17-23)26-24(8-4)10-6-2/h5-19,26H,1H2,2-4H3/b10-6-,11-9-,20-7+,24-8+. The first kappa shape index (κ1) is 19.3. The number of anilines is 1. The SMILES string of the molecule is C=C/C=C\C(=C/C)c1ccc(-c2ccc(NC(/C=C\C)=C/C)cc2)cc1. The van der Waals surface area contributed by atoms with Crippen LogP contribution in [0.3, 0.4) is 0 Å². The van der Waals surface area contributed by atoms with E-state index in [0.29, 0.717) is 0 Å². The summed E-state index contributed by atoms with van der Waals surface area (Å²) in [5.74, 6) is 0. The normalized spacial score (nSPS) is 12.7. The van der Waals surface area contributed by atoms with Gasteiger partial charge in [0.25, 0.3) is 0 Å². The minimum Gasteiger partial charge on any atom is -0.356 e. The third kappa shape index (κ3) is 5.22. The summed E-state index contributed by atoms with van der Waals surface area (Å²) in [5, 5.41) is 3.41. The van der Waals surface area contributed by atoms with E-state index in [1.807, 2.05) is 26.0 Å². The molecule has 0 aliphatic heterocycles. The third-order valence-corrected chi connectivity index (χ3v) is 4.11. The average Bonchev–Trinajstić information content (AvgIpc) is 2.69. The highest BCUT2D eigenvalue weighted by molar-refractivity contribution is 5.76. The van der Waals surface area contributed by atoms with Gasteiger partial charge in [-0.2, -0.15) is 0 Å². The lowest BCUT2D eigenvalue weighted by Crippen LogP contribution is -1.95. The van der Waals surface area contributed by atoms with Crippen LogP contribution in [0.25, 0.3) is 16.7 Å². The van der Waals surface area contributed by atoms with Gasteiger partial charge < -0.3 is 5.32 Å². The minimum absolute atomic E-state index is 1.09. The summed E-state index contributed by atoms with van der Waals surface area (Å²) in [5.41, 5.74) is 7.00. The fourth-order valence-electron chi connectivity index (χ4n) is 2.69. The second-order valence-electron chi connectivity index (χ2n) is 5.86. The molecule has 0 spiro atoms. The highest BCUT2D eigenvalue weighted by atomic mass is 14.9. The van der Waals surface area contributed by atoms with E-state index in [9.17, 15) is 0 Å². The van der Waals surface area contributed by atoms with Crippen LogP contribution in [0, 0.1) is 0 Å². The van der Waals surface area contributed by atoms with Crippen molar-refractivity contribution in [1.82, 2.24) is 0 Å². The number of hydrogen-bond acceptors (Lipinski definition) is 1. The molecule has 0 atom stereocenters. The van der Waals surface area contributed by atoms with E-state index in [4.69, 9.17) is 0 Å². The monoisotopic (exact) mass is 341 g/mol. The number of allylic oxidation sites excluding steroid dienone is 8. The zero-order chi connectivity index (χ0) is 18.8. The maximum Gasteiger partial charge on any atom is 0.0384 e. The molecule has 0 saturated heterocycles. The summed E-state index contributed by atoms with van der Waals surface area (Å²) in [6.07, 6.45) is 14.1. The van der Waals surface area contributed by atoms with Gasteiger partial charge in [0.1, 0.15) is 0 Å². The topological polar surface area (TPSA) is 12.0 Å². The minimum atomic E-state index is 1.09. The summed E-state index contributed by atoms with van der Waals surface area (Å²) >= 11 is 0. The molecule has 0 radical (unpaired) electrons. The summed E-state index contributed by atoms with van der Waals surface area (Å²) in [4.78, 5) is 0. The zero-order valence-corrected chi connectivity index (χ0v) is 15.9. The van der Waals surface area contributed by atoms with Crippen molar-refractivity contribution in [2.24, 2.45) is 0 Å². The fourth-order valence-corrected chi connectivity index (χ4v) is 2.69. The molecule has 2 rings (SSSR count). The van der Waals surface area contributed by atoms with Crippen LogP contribution >= 0.6 is 0 Å². The van der Waals surface area contributed by atoms with Crippen molar-refractivity contribution >= 4 is 11.3 Å². The van der Waals surface area contributed by atoms with E-state index < -0.39 is 0 Å². The molecule has 0 saturated carbocycles. The van der Waals surface area contributed by atoms with Gasteiger partial charge in [-0.05, 0) is 61.2 Å². The van der Waals surface area contributed by atoms with Gasteiger partial charge in [-0.25, -0.2) is 0 Å². The molecule has 1 heteroatoms. The lowest BCUT2D eigenvalue weighted by Gasteiger charge is -2.09. The summed E-state index contributed by atoms with van der Waals surface area (Å²) in [6, 6.07) is 17.2. The van der Waals surface area contributed by atoms with Crippen LogP contribution < -0.4 is 5.32 Å². The molecule has 26 heavy (non-hydrogen) atoms. The fraction of sp³-hybridized carbons (Fsp3) is 0.120. The zero-order valence-electron chi connectivity index (χ0n) is 15.9. The largest absolute Gasteiger partial charge is 0.356 e. The Morgan fingerprint density at radius 3 is 1.92 bits per heavy atom. The summed E-state index contributed by atoms with van der Waals surface area (Å²) in [7, 11) is 0. The van der Waals surface area contributed by atoms with Crippen LogP contribution in [-0.4, -0.2) is 0 Å². The van der Waals surface area contributed by atoms with Crippen LogP contribution in [0.2, 0.25) is 0 Å². The van der Waals surface area contributed by atoms with Crippen molar-refractivity contribution < 1.29 is 0 Å². The molecule has 0 aliphatic rings. The van der Waals surface area contributed by atoms with Gasteiger partial charge in [-0.1, -0.05) is 79.4 Å². The van der Waals surface area contributed by atoms with Gasteiger partial charge in [-0.3, -0.25) is 0 Å². The van der Waals surface area contributed by atoms with Crippen LogP contribution in [0.1, 0.15) is 26.3 Å². The molecular weight excluding hydrogens is 314 g/mol. The maximum absolute atomic E-state index is 3.73. The first-order valence-corrected chi connectivity index (χ1v) is 8.94. The van der Waals surface area contributed by atoms with Crippen molar-refractivity contribution in [3.05, 3.63) is 109 Å². The van der Waals surface area contributed by atoms with Crippen molar-refractivity contribution in [2.75, 3.05) is 5.32 Å². The molecule has 0 bridgehead atoms. The lowest BCUT2D eigenvalue weighted by molar-refractivity contribution is 1.43. The van der Waals surface area contributed by atoms with Gasteiger partial charge in [0.05, 0.1) is 0 Å². The van der Waals surface area contributed by atoms with Crippen LogP contribution in [0.5, 0.6) is 0 Å². The molecule has 0 amide bonds. The van der Waals surface area contributed by atoms with E-state index in [2.05, 4.69) is 91.7 Å². The molecule has 1 nitrogen and oxygen atoms in total. The van der Waals surface area contributed by atoms with Crippen LogP contribution in [0.4, 0.5) is 5.69 Å². The van der Waals surface area contributed by atoms with Crippen LogP contribution in [-0.2, 0) is 0 Å². The van der Waals surface area contributed by atoms with E-state index in [0.717, 1.165) is 11.4 Å². The van der Waals surface area contributed by atoms with E-state index in [-0.39, 0.29) is 0 Å². The second-order valence-corrected chi connectivity index (χ2v) is 5.86. The molecule has 2 aromatic carbocycles. The Kier molecular flexibility index (Phi) is 7.45. The molecule has 132 valence electrons. The third-order valence-electron chi connectivity index (χ3n) is 4.11. The van der Waals surface area contributed by atoms with Crippen molar-refractivity contribution in [2.45, 2.75) is 20.8 Å². The molecule has 0 aromatic heterocycles. The van der Waals surface area contributed by atoms with Crippen molar-refractivity contribution in [1.29, 1.82) is 0 Å². The summed E-state index contributed by atoms with van der Waals surface area (Å²) in [6.45, 7) is 9.83. The van der Waals surface area contributed by atoms with Crippen molar-refractivity contribution in [3.8, 4) is 11.1 Å². The van der Waals surface area contributed by atoms with Crippen molar-refractivity contribution in [3.63, 3.8) is 0 Å². The van der Waals surface area contributed by atoms with Gasteiger partial charge in [0.2, 0.25) is 0 Å². The molecule has 0 fully saturated rings. The van der Waals surface area contributed by atoms with Gasteiger partial charge in [0.15, 0.2) is 0 Å². The number of hydrogen-bond donors (Lipinski definition) is 1. The molecular formula is C25H27N. The van der Waals surface area contributed by atoms with E-state index in [1.54, 1.807) is 6.08 Å². The first-order valence-electron chi connectivity index (χ1n) is 8.94. The van der Waals surface area contributed by atoms with Gasteiger partial charge >= 0.3 is 0 Å². The smallest absolute Gasteiger partial charge is 0.0384 e. The Balaban J connectivity index is 2.16. The predicted octanol–water partition coefficient (Wildman–Crippen LogP) is 7.39. The number of nitrogens with one attached hydrogen (secondary N) is 1. The molecule has 2 aromatic rings.